The second-order valence-electron chi connectivity index (χ2n) is 7.65. The van der Waals surface area contributed by atoms with E-state index in [1.807, 2.05) is 6.07 Å². The molecule has 5 N–H and O–H groups in total. The number of aromatic amines is 1. The number of aliphatic hydroxyl groups excluding tert-OH is 1. The van der Waals surface area contributed by atoms with Gasteiger partial charge in [-0.05, 0) is 25.1 Å². The number of aromatic nitrogens is 2. The number of para-hydroxylation sites is 1. The fourth-order valence-electron chi connectivity index (χ4n) is 3.49. The minimum absolute atomic E-state index is 0.151. The molecule has 172 valence electrons. The molecule has 11 heteroatoms. The normalized spacial score (nSPS) is 13.7. The first-order chi connectivity index (χ1) is 15.9. The number of nitrogens with zero attached hydrogens (tertiary/aromatic N) is 2. The van der Waals surface area contributed by atoms with Crippen molar-refractivity contribution in [1.82, 2.24) is 15.3 Å². The molecule has 3 amide bonds. The highest BCUT2D eigenvalue weighted by molar-refractivity contribution is 7.15. The van der Waals surface area contributed by atoms with E-state index >= 15 is 0 Å². The van der Waals surface area contributed by atoms with Crippen molar-refractivity contribution in [2.45, 2.75) is 25.9 Å². The number of fused-ring (bicyclic) bond motifs is 1. The van der Waals surface area contributed by atoms with Crippen molar-refractivity contribution in [1.29, 1.82) is 0 Å². The van der Waals surface area contributed by atoms with Gasteiger partial charge in [0.1, 0.15) is 0 Å². The predicted molar refractivity (Wildman–Crippen MR) is 127 cm³/mol. The van der Waals surface area contributed by atoms with Crippen LogP contribution in [0.5, 0.6) is 0 Å². The number of amides is 3. The molecule has 1 aliphatic heterocycles. The lowest BCUT2D eigenvalue weighted by Crippen LogP contribution is -2.35. The van der Waals surface area contributed by atoms with Crippen molar-refractivity contribution in [3.05, 3.63) is 69.1 Å². The lowest BCUT2D eigenvalue weighted by molar-refractivity contribution is 0.0923. The van der Waals surface area contributed by atoms with E-state index in [0.29, 0.717) is 29.3 Å². The van der Waals surface area contributed by atoms with Gasteiger partial charge in [0, 0.05) is 41.8 Å². The number of urea groups is 1. The van der Waals surface area contributed by atoms with E-state index in [4.69, 9.17) is 5.11 Å². The number of H-pyrrole nitrogens is 1. The Bertz CT molecular complexity index is 1220. The summed E-state index contributed by atoms with van der Waals surface area (Å²) < 4.78 is 0. The maximum Gasteiger partial charge on any atom is 0.325 e. The van der Waals surface area contributed by atoms with Gasteiger partial charge < -0.3 is 25.6 Å². The van der Waals surface area contributed by atoms with Crippen molar-refractivity contribution in [3.63, 3.8) is 0 Å². The summed E-state index contributed by atoms with van der Waals surface area (Å²) in [6, 6.07) is 9.14. The maximum absolute atomic E-state index is 12.6. The summed E-state index contributed by atoms with van der Waals surface area (Å²) in [5.41, 5.74) is 2.25. The number of hydrogen-bond donors (Lipinski definition) is 5. The number of benzene rings is 1. The lowest BCUT2D eigenvalue weighted by Gasteiger charge is -2.27. The summed E-state index contributed by atoms with van der Waals surface area (Å²) in [5.74, 6) is -0.392. The van der Waals surface area contributed by atoms with Gasteiger partial charge in [-0.2, -0.15) is 0 Å². The smallest absolute Gasteiger partial charge is 0.325 e. The second-order valence-corrected chi connectivity index (χ2v) is 8.74. The summed E-state index contributed by atoms with van der Waals surface area (Å²) in [7, 11) is 0. The van der Waals surface area contributed by atoms with E-state index in [1.165, 1.54) is 11.3 Å². The van der Waals surface area contributed by atoms with Crippen LogP contribution in [0.25, 0.3) is 0 Å². The molecule has 1 atom stereocenters. The van der Waals surface area contributed by atoms with Crippen molar-refractivity contribution in [2.75, 3.05) is 28.7 Å². The number of pyridine rings is 1. The molecule has 4 rings (SSSR count). The molecule has 0 bridgehead atoms. The Hall–Kier alpha value is -3.70. The average molecular weight is 469 g/mol. The first kappa shape index (κ1) is 22.5. The fraction of sp³-hybridized carbons (Fsp3) is 0.273. The molecule has 10 nitrogen and oxygen atoms in total. The minimum Gasteiger partial charge on any atom is -0.394 e. The largest absolute Gasteiger partial charge is 0.394 e. The Morgan fingerprint density at radius 1 is 1.27 bits per heavy atom. The Morgan fingerprint density at radius 3 is 2.88 bits per heavy atom. The number of carbonyl (C=O) groups excluding carboxylic acids is 2. The molecule has 0 unspecified atom stereocenters. The number of thiazole rings is 1. The van der Waals surface area contributed by atoms with Crippen LogP contribution < -0.4 is 26.4 Å². The molecule has 0 aliphatic carbocycles. The number of hydrogen-bond acceptors (Lipinski definition) is 7. The van der Waals surface area contributed by atoms with E-state index in [1.54, 1.807) is 43.5 Å². The van der Waals surface area contributed by atoms with E-state index < -0.39 is 18.0 Å². The van der Waals surface area contributed by atoms with Crippen molar-refractivity contribution in [3.8, 4) is 0 Å². The van der Waals surface area contributed by atoms with Gasteiger partial charge in [0.2, 0.25) is 5.56 Å². The summed E-state index contributed by atoms with van der Waals surface area (Å²) in [6.45, 7) is 2.82. The zero-order valence-electron chi connectivity index (χ0n) is 17.9. The van der Waals surface area contributed by atoms with E-state index in [0.717, 1.165) is 22.8 Å². The van der Waals surface area contributed by atoms with Crippen LogP contribution in [-0.2, 0) is 13.0 Å². The number of anilines is 3. The summed E-state index contributed by atoms with van der Waals surface area (Å²) in [6.07, 6.45) is 2.33. The van der Waals surface area contributed by atoms with Gasteiger partial charge in [0.25, 0.3) is 5.91 Å². The first-order valence-electron chi connectivity index (χ1n) is 10.4. The standard InChI is InChI=1S/C22H24N6O4S/c1-13(12-29)24-20(31)15-4-2-3-5-16(15)25-21(32)27-22-26-17-7-9-28(11-18(17)33-22)14-6-8-23-19(30)10-14/h2-6,8,10,13,29H,7,9,11-12H2,1H3,(H,23,30)(H,24,31)(H2,25,26,27,32)/t13-/m0/s1. The third-order valence-electron chi connectivity index (χ3n) is 5.15. The van der Waals surface area contributed by atoms with Crippen LogP contribution in [0, 0.1) is 0 Å². The summed E-state index contributed by atoms with van der Waals surface area (Å²) in [5, 5.41) is 17.7. The molecule has 0 saturated heterocycles. The van der Waals surface area contributed by atoms with Gasteiger partial charge in [0.05, 0.1) is 30.1 Å². The molecule has 1 aliphatic rings. The van der Waals surface area contributed by atoms with Gasteiger partial charge in [-0.25, -0.2) is 9.78 Å². The van der Waals surface area contributed by atoms with Crippen LogP contribution in [0.15, 0.2) is 47.4 Å². The Labute approximate surface area is 193 Å². The Balaban J connectivity index is 1.42. The minimum atomic E-state index is -0.511. The fourth-order valence-corrected chi connectivity index (χ4v) is 4.51. The van der Waals surface area contributed by atoms with Crippen molar-refractivity contribution in [2.24, 2.45) is 0 Å². The zero-order chi connectivity index (χ0) is 23.4. The highest BCUT2D eigenvalue weighted by Gasteiger charge is 2.22. The third-order valence-corrected chi connectivity index (χ3v) is 6.14. The van der Waals surface area contributed by atoms with Crippen LogP contribution >= 0.6 is 11.3 Å². The Kier molecular flexibility index (Phi) is 6.71. The van der Waals surface area contributed by atoms with Crippen molar-refractivity contribution >= 4 is 39.8 Å². The lowest BCUT2D eigenvalue weighted by atomic mass is 10.1. The van der Waals surface area contributed by atoms with Crippen LogP contribution in [0.4, 0.5) is 21.3 Å². The van der Waals surface area contributed by atoms with Gasteiger partial charge in [-0.15, -0.1) is 0 Å². The number of carbonyl (C=O) groups is 2. The number of aliphatic hydroxyl groups is 1. The molecular formula is C22H24N6O4S. The predicted octanol–water partition coefficient (Wildman–Crippen LogP) is 2.15. The average Bonchev–Trinajstić information content (AvgIpc) is 3.20. The summed E-state index contributed by atoms with van der Waals surface area (Å²) in [4.78, 5) is 46.9. The zero-order valence-corrected chi connectivity index (χ0v) is 18.7. The molecule has 3 heterocycles. The highest BCUT2D eigenvalue weighted by Crippen LogP contribution is 2.30. The highest BCUT2D eigenvalue weighted by atomic mass is 32.1. The quantitative estimate of drug-likeness (QED) is 0.376. The maximum atomic E-state index is 12.6. The van der Waals surface area contributed by atoms with Crippen LogP contribution in [0.1, 0.15) is 27.9 Å². The van der Waals surface area contributed by atoms with Crippen LogP contribution in [0.2, 0.25) is 0 Å². The molecule has 0 saturated carbocycles. The van der Waals surface area contributed by atoms with Crippen molar-refractivity contribution < 1.29 is 14.7 Å². The van der Waals surface area contributed by atoms with Crippen LogP contribution in [-0.4, -0.2) is 46.2 Å². The third kappa shape index (κ3) is 5.38. The molecule has 0 fully saturated rings. The molecule has 0 spiro atoms. The number of nitrogens with one attached hydrogen (secondary N) is 4. The molecule has 3 aromatic rings. The molecule has 1 aromatic carbocycles. The van der Waals surface area contributed by atoms with E-state index in [9.17, 15) is 14.4 Å². The van der Waals surface area contributed by atoms with Gasteiger partial charge >= 0.3 is 6.03 Å². The van der Waals surface area contributed by atoms with Gasteiger partial charge in [0.15, 0.2) is 5.13 Å². The van der Waals surface area contributed by atoms with Gasteiger partial charge in [-0.1, -0.05) is 23.5 Å². The van der Waals surface area contributed by atoms with E-state index in [-0.39, 0.29) is 12.2 Å². The number of rotatable bonds is 6. The summed E-state index contributed by atoms with van der Waals surface area (Å²) >= 11 is 1.38. The van der Waals surface area contributed by atoms with E-state index in [2.05, 4.69) is 30.8 Å². The van der Waals surface area contributed by atoms with Crippen LogP contribution in [0.3, 0.4) is 0 Å². The Morgan fingerprint density at radius 2 is 2.09 bits per heavy atom. The van der Waals surface area contributed by atoms with Gasteiger partial charge in [-0.3, -0.25) is 14.9 Å². The second kappa shape index (κ2) is 9.84. The first-order valence-corrected chi connectivity index (χ1v) is 11.3. The molecule has 2 aromatic heterocycles. The molecule has 0 radical (unpaired) electrons. The topological polar surface area (TPSA) is 139 Å². The molecular weight excluding hydrogens is 444 g/mol. The monoisotopic (exact) mass is 468 g/mol. The molecule has 33 heavy (non-hydrogen) atoms. The SMILES string of the molecule is C[C@@H](CO)NC(=O)c1ccccc1NC(=O)Nc1nc2c(s1)CN(c1cc[nH]c(=O)c1)CC2.